The molecule has 2 aliphatic heterocycles. The predicted octanol–water partition coefficient (Wildman–Crippen LogP) is 2.01. The highest BCUT2D eigenvalue weighted by atomic mass is 16.1. The summed E-state index contributed by atoms with van der Waals surface area (Å²) in [6.07, 6.45) is 0. The number of hydrogen-bond acceptors (Lipinski definition) is 3. The molecule has 2 heterocycles. The van der Waals surface area contributed by atoms with Gasteiger partial charge in [-0.3, -0.25) is 4.79 Å². The van der Waals surface area contributed by atoms with Gasteiger partial charge in [0.15, 0.2) is 0 Å². The van der Waals surface area contributed by atoms with Crippen molar-refractivity contribution in [1.82, 2.24) is 10.6 Å². The lowest BCUT2D eigenvalue weighted by Gasteiger charge is -2.29. The number of carbonyl (C=O) groups is 1. The van der Waals surface area contributed by atoms with Crippen LogP contribution in [0.1, 0.15) is 15.9 Å². The van der Waals surface area contributed by atoms with Gasteiger partial charge in [-0.15, -0.1) is 0 Å². The van der Waals surface area contributed by atoms with Crippen molar-refractivity contribution in [3.05, 3.63) is 53.6 Å². The Balaban J connectivity index is 1.65. The van der Waals surface area contributed by atoms with Gasteiger partial charge in [-0.2, -0.15) is 0 Å². The second-order valence-corrected chi connectivity index (χ2v) is 5.80. The Labute approximate surface area is 130 Å². The molecule has 2 aliphatic rings. The molecular weight excluding hydrogens is 274 g/mol. The summed E-state index contributed by atoms with van der Waals surface area (Å²) in [4.78, 5) is 14.2. The van der Waals surface area contributed by atoms with Gasteiger partial charge in [0.1, 0.15) is 0 Å². The molecule has 4 nitrogen and oxygen atoms in total. The van der Waals surface area contributed by atoms with Gasteiger partial charge in [-0.25, -0.2) is 0 Å². The number of benzene rings is 2. The molecule has 4 heteroatoms. The molecule has 2 aromatic rings. The summed E-state index contributed by atoms with van der Waals surface area (Å²) in [7, 11) is 0. The molecule has 0 unspecified atom stereocenters. The van der Waals surface area contributed by atoms with Crippen LogP contribution in [-0.4, -0.2) is 32.1 Å². The zero-order valence-corrected chi connectivity index (χ0v) is 12.4. The zero-order chi connectivity index (χ0) is 14.9. The van der Waals surface area contributed by atoms with E-state index in [-0.39, 0.29) is 5.91 Å². The highest BCUT2D eigenvalue weighted by Gasteiger charge is 2.21. The molecular formula is C18H19N3O. The van der Waals surface area contributed by atoms with Crippen molar-refractivity contribution in [3.8, 4) is 11.1 Å². The molecule has 2 N–H and O–H groups in total. The van der Waals surface area contributed by atoms with Gasteiger partial charge in [0.25, 0.3) is 5.91 Å². The normalized spacial score (nSPS) is 17.3. The van der Waals surface area contributed by atoms with Crippen LogP contribution in [0.15, 0.2) is 42.5 Å². The molecule has 4 rings (SSSR count). The maximum Gasteiger partial charge on any atom is 0.251 e. The molecule has 0 saturated carbocycles. The molecule has 1 saturated heterocycles. The first-order valence-corrected chi connectivity index (χ1v) is 7.79. The minimum absolute atomic E-state index is 0.0364. The highest BCUT2D eigenvalue weighted by molar-refractivity contribution is 6.00. The second-order valence-electron chi connectivity index (χ2n) is 5.80. The van der Waals surface area contributed by atoms with E-state index >= 15 is 0 Å². The number of nitrogens with one attached hydrogen (secondary N) is 2. The van der Waals surface area contributed by atoms with Gasteiger partial charge in [0.05, 0.1) is 0 Å². The van der Waals surface area contributed by atoms with Gasteiger partial charge in [0.2, 0.25) is 0 Å². The third-order valence-corrected chi connectivity index (χ3v) is 4.51. The first-order chi connectivity index (χ1) is 10.8. The number of amides is 1. The van der Waals surface area contributed by atoms with Crippen LogP contribution in [0.25, 0.3) is 11.1 Å². The first kappa shape index (κ1) is 13.3. The fourth-order valence-corrected chi connectivity index (χ4v) is 3.30. The maximum atomic E-state index is 11.8. The van der Waals surface area contributed by atoms with Crippen LogP contribution in [0, 0.1) is 0 Å². The summed E-state index contributed by atoms with van der Waals surface area (Å²) in [6, 6.07) is 14.7. The Hall–Kier alpha value is -2.33. The van der Waals surface area contributed by atoms with Crippen LogP contribution in [0.4, 0.5) is 5.69 Å². The monoisotopic (exact) mass is 293 g/mol. The Bertz CT molecular complexity index is 703. The Kier molecular flexibility index (Phi) is 3.31. The molecule has 0 aliphatic carbocycles. The lowest BCUT2D eigenvalue weighted by molar-refractivity contribution is 0.0966. The molecule has 1 fully saturated rings. The summed E-state index contributed by atoms with van der Waals surface area (Å²) < 4.78 is 0. The molecule has 112 valence electrons. The molecule has 22 heavy (non-hydrogen) atoms. The topological polar surface area (TPSA) is 44.4 Å². The lowest BCUT2D eigenvalue weighted by atomic mass is 9.97. The van der Waals surface area contributed by atoms with E-state index in [0.717, 1.165) is 42.9 Å². The van der Waals surface area contributed by atoms with Gasteiger partial charge < -0.3 is 15.5 Å². The third-order valence-electron chi connectivity index (χ3n) is 4.51. The Morgan fingerprint density at radius 1 is 0.909 bits per heavy atom. The van der Waals surface area contributed by atoms with Gasteiger partial charge in [-0.05, 0) is 34.9 Å². The summed E-state index contributed by atoms with van der Waals surface area (Å²) in [5, 5.41) is 6.28. The van der Waals surface area contributed by atoms with Crippen LogP contribution in [0.5, 0.6) is 0 Å². The minimum atomic E-state index is 0.0364. The van der Waals surface area contributed by atoms with Crippen molar-refractivity contribution in [3.63, 3.8) is 0 Å². The number of nitrogens with zero attached hydrogens (tertiary/aromatic N) is 1. The second kappa shape index (κ2) is 5.46. The van der Waals surface area contributed by atoms with Gasteiger partial charge in [0, 0.05) is 44.0 Å². The average molecular weight is 293 g/mol. The van der Waals surface area contributed by atoms with Crippen molar-refractivity contribution in [2.75, 3.05) is 31.1 Å². The van der Waals surface area contributed by atoms with E-state index < -0.39 is 0 Å². The van der Waals surface area contributed by atoms with Crippen molar-refractivity contribution in [2.45, 2.75) is 6.54 Å². The van der Waals surface area contributed by atoms with Crippen molar-refractivity contribution in [1.29, 1.82) is 0 Å². The van der Waals surface area contributed by atoms with E-state index in [2.05, 4.69) is 45.9 Å². The van der Waals surface area contributed by atoms with Crippen molar-refractivity contribution in [2.24, 2.45) is 0 Å². The van der Waals surface area contributed by atoms with Crippen molar-refractivity contribution < 1.29 is 4.79 Å². The lowest BCUT2D eigenvalue weighted by Crippen LogP contribution is -2.43. The smallest absolute Gasteiger partial charge is 0.251 e. The molecule has 0 aromatic heterocycles. The SMILES string of the molecule is O=C1NCc2c1cccc2-c1ccc(N2CCNCC2)cc1. The predicted molar refractivity (Wildman–Crippen MR) is 88.1 cm³/mol. The van der Waals surface area contributed by atoms with E-state index in [1.54, 1.807) is 0 Å². The zero-order valence-electron chi connectivity index (χ0n) is 12.4. The van der Waals surface area contributed by atoms with Crippen LogP contribution >= 0.6 is 0 Å². The number of fused-ring (bicyclic) bond motifs is 1. The minimum Gasteiger partial charge on any atom is -0.369 e. The number of piperazine rings is 1. The summed E-state index contributed by atoms with van der Waals surface area (Å²) in [6.45, 7) is 4.82. The number of hydrogen-bond donors (Lipinski definition) is 2. The van der Waals surface area contributed by atoms with Crippen molar-refractivity contribution >= 4 is 11.6 Å². The van der Waals surface area contributed by atoms with E-state index in [0.29, 0.717) is 6.54 Å². The average Bonchev–Trinajstić information content (AvgIpc) is 2.97. The summed E-state index contributed by atoms with van der Waals surface area (Å²) >= 11 is 0. The molecule has 0 bridgehead atoms. The maximum absolute atomic E-state index is 11.8. The third kappa shape index (κ3) is 2.25. The number of carbonyl (C=O) groups excluding carboxylic acids is 1. The van der Waals surface area contributed by atoms with E-state index in [4.69, 9.17) is 0 Å². The number of rotatable bonds is 2. The van der Waals surface area contributed by atoms with Crippen LogP contribution in [0.2, 0.25) is 0 Å². The summed E-state index contributed by atoms with van der Waals surface area (Å²) in [5.41, 5.74) is 5.52. The molecule has 2 aromatic carbocycles. The quantitative estimate of drug-likeness (QED) is 0.890. The standard InChI is InChI=1S/C18H19N3O/c22-18-16-3-1-2-15(17(16)12-20-18)13-4-6-14(7-5-13)21-10-8-19-9-11-21/h1-7,19H,8-12H2,(H,20,22). The van der Waals surface area contributed by atoms with Gasteiger partial charge >= 0.3 is 0 Å². The molecule has 0 spiro atoms. The molecule has 0 radical (unpaired) electrons. The van der Waals surface area contributed by atoms with E-state index in [1.807, 2.05) is 12.1 Å². The Morgan fingerprint density at radius 3 is 2.41 bits per heavy atom. The molecule has 0 atom stereocenters. The Morgan fingerprint density at radius 2 is 1.64 bits per heavy atom. The van der Waals surface area contributed by atoms with Crippen LogP contribution in [0.3, 0.4) is 0 Å². The first-order valence-electron chi connectivity index (χ1n) is 7.79. The highest BCUT2D eigenvalue weighted by Crippen LogP contribution is 2.30. The van der Waals surface area contributed by atoms with Gasteiger partial charge in [-0.1, -0.05) is 24.3 Å². The fraction of sp³-hybridized carbons (Fsp3) is 0.278. The fourth-order valence-electron chi connectivity index (χ4n) is 3.30. The summed E-state index contributed by atoms with van der Waals surface area (Å²) in [5.74, 6) is 0.0364. The van der Waals surface area contributed by atoms with E-state index in [9.17, 15) is 4.79 Å². The molecule has 1 amide bonds. The van der Waals surface area contributed by atoms with Crippen LogP contribution < -0.4 is 15.5 Å². The van der Waals surface area contributed by atoms with E-state index in [1.165, 1.54) is 11.3 Å². The largest absolute Gasteiger partial charge is 0.369 e. The van der Waals surface area contributed by atoms with Crippen LogP contribution in [-0.2, 0) is 6.54 Å². The number of anilines is 1.